The fourth-order valence-corrected chi connectivity index (χ4v) is 4.61. The van der Waals surface area contributed by atoms with E-state index < -0.39 is 0 Å². The summed E-state index contributed by atoms with van der Waals surface area (Å²) in [5.74, 6) is 1.33. The van der Waals surface area contributed by atoms with Gasteiger partial charge in [-0.2, -0.15) is 5.10 Å². The number of benzene rings is 2. The largest absolute Gasteiger partial charge is 0.486 e. The Balaban J connectivity index is 1.53. The van der Waals surface area contributed by atoms with Gasteiger partial charge in [-0.15, -0.1) is 0 Å². The van der Waals surface area contributed by atoms with E-state index in [4.69, 9.17) is 9.47 Å². The van der Waals surface area contributed by atoms with Crippen LogP contribution in [0.15, 0.2) is 47.3 Å². The zero-order valence-corrected chi connectivity index (χ0v) is 18.3. The fourth-order valence-electron chi connectivity index (χ4n) is 4.61. The number of hydrogen-bond donors (Lipinski definition) is 0. The van der Waals surface area contributed by atoms with Gasteiger partial charge >= 0.3 is 0 Å². The normalized spacial score (nSPS) is 17.7. The summed E-state index contributed by atoms with van der Waals surface area (Å²) in [7, 11) is 0. The molecule has 0 aliphatic carbocycles. The lowest BCUT2D eigenvalue weighted by Gasteiger charge is -2.27. The number of aryl methyl sites for hydroxylation is 1. The Kier molecular flexibility index (Phi) is 5.55. The van der Waals surface area contributed by atoms with E-state index in [-0.39, 0.29) is 17.5 Å². The molecule has 0 unspecified atom stereocenters. The second-order valence-electron chi connectivity index (χ2n) is 8.34. The number of amides is 1. The van der Waals surface area contributed by atoms with Crippen molar-refractivity contribution in [3.63, 3.8) is 0 Å². The number of rotatable bonds is 5. The van der Waals surface area contributed by atoms with Gasteiger partial charge in [0.25, 0.3) is 11.5 Å². The molecular formula is C25H27N3O4. The standard InChI is InChI=1S/C25H27N3O4/c1-2-3-13-28-24(29)19-8-5-4-7-18(19)23(26-28)25(30)27-12-6-9-20(27)17-10-11-21-22(16-17)32-15-14-31-21/h4-5,7-8,10-11,16,20H,2-3,6,9,12-15H2,1H3/t20-/m1/s1. The van der Waals surface area contributed by atoms with Crippen molar-refractivity contribution in [1.82, 2.24) is 14.7 Å². The van der Waals surface area contributed by atoms with Crippen LogP contribution in [-0.2, 0) is 6.54 Å². The van der Waals surface area contributed by atoms with Gasteiger partial charge in [0.1, 0.15) is 13.2 Å². The monoisotopic (exact) mass is 433 g/mol. The SMILES string of the molecule is CCCCn1nc(C(=O)N2CCC[C@@H]2c2ccc3c(c2)OCCO3)c2ccccc2c1=O. The van der Waals surface area contributed by atoms with Crippen molar-refractivity contribution >= 4 is 16.7 Å². The lowest BCUT2D eigenvalue weighted by molar-refractivity contribution is 0.0728. The van der Waals surface area contributed by atoms with Crippen LogP contribution in [0, 0.1) is 0 Å². The number of nitrogens with zero attached hydrogens (tertiary/aromatic N) is 3. The molecule has 5 rings (SSSR count). The van der Waals surface area contributed by atoms with Crippen LogP contribution in [0.5, 0.6) is 11.5 Å². The van der Waals surface area contributed by atoms with E-state index in [9.17, 15) is 9.59 Å². The molecule has 2 aliphatic rings. The molecule has 7 heteroatoms. The third kappa shape index (κ3) is 3.61. The first-order chi connectivity index (χ1) is 15.7. The van der Waals surface area contributed by atoms with Crippen molar-refractivity contribution in [2.45, 2.75) is 45.2 Å². The van der Waals surface area contributed by atoms with Gasteiger partial charge < -0.3 is 14.4 Å². The molecule has 0 bridgehead atoms. The van der Waals surface area contributed by atoms with E-state index >= 15 is 0 Å². The van der Waals surface area contributed by atoms with Crippen molar-refractivity contribution in [3.8, 4) is 11.5 Å². The average Bonchev–Trinajstić information content (AvgIpc) is 3.33. The number of fused-ring (bicyclic) bond motifs is 2. The highest BCUT2D eigenvalue weighted by Gasteiger charge is 2.33. The maximum Gasteiger partial charge on any atom is 0.275 e. The first kappa shape index (κ1) is 20.5. The fraction of sp³-hybridized carbons (Fsp3) is 0.400. The van der Waals surface area contributed by atoms with Crippen LogP contribution >= 0.6 is 0 Å². The van der Waals surface area contributed by atoms with Gasteiger partial charge in [0.15, 0.2) is 17.2 Å². The van der Waals surface area contributed by atoms with E-state index in [1.165, 1.54) is 4.68 Å². The van der Waals surface area contributed by atoms with Gasteiger partial charge in [-0.3, -0.25) is 9.59 Å². The molecule has 1 amide bonds. The molecule has 2 aliphatic heterocycles. The molecule has 0 saturated carbocycles. The maximum absolute atomic E-state index is 13.8. The Hall–Kier alpha value is -3.35. The molecule has 1 aromatic heterocycles. The number of ether oxygens (including phenoxy) is 2. The lowest BCUT2D eigenvalue weighted by atomic mass is 10.0. The van der Waals surface area contributed by atoms with Crippen molar-refractivity contribution < 1.29 is 14.3 Å². The molecule has 0 spiro atoms. The Morgan fingerprint density at radius 3 is 2.69 bits per heavy atom. The Morgan fingerprint density at radius 1 is 1.09 bits per heavy atom. The molecule has 3 aromatic rings. The predicted molar refractivity (Wildman–Crippen MR) is 121 cm³/mol. The number of aromatic nitrogens is 2. The number of carbonyl (C=O) groups excluding carboxylic acids is 1. The third-order valence-electron chi connectivity index (χ3n) is 6.26. The Bertz CT molecular complexity index is 1220. The molecule has 166 valence electrons. The summed E-state index contributed by atoms with van der Waals surface area (Å²) in [6.45, 7) is 4.31. The number of unbranched alkanes of at least 4 members (excludes halogenated alkanes) is 1. The summed E-state index contributed by atoms with van der Waals surface area (Å²) in [4.78, 5) is 28.5. The number of likely N-dealkylation sites (tertiary alicyclic amines) is 1. The van der Waals surface area contributed by atoms with E-state index in [0.29, 0.717) is 42.8 Å². The van der Waals surface area contributed by atoms with Crippen LogP contribution in [0.1, 0.15) is 54.7 Å². The maximum atomic E-state index is 13.8. The summed E-state index contributed by atoms with van der Waals surface area (Å²) >= 11 is 0. The minimum Gasteiger partial charge on any atom is -0.486 e. The van der Waals surface area contributed by atoms with Crippen LogP contribution in [0.2, 0.25) is 0 Å². The van der Waals surface area contributed by atoms with Gasteiger partial charge in [0.05, 0.1) is 11.4 Å². The van der Waals surface area contributed by atoms with Gasteiger partial charge in [-0.05, 0) is 43.0 Å². The molecule has 1 atom stereocenters. The molecule has 32 heavy (non-hydrogen) atoms. The molecule has 0 radical (unpaired) electrons. The van der Waals surface area contributed by atoms with Crippen LogP contribution in [0.25, 0.3) is 10.8 Å². The summed E-state index contributed by atoms with van der Waals surface area (Å²) in [5.41, 5.74) is 1.24. The van der Waals surface area contributed by atoms with Gasteiger partial charge in [0.2, 0.25) is 0 Å². The highest BCUT2D eigenvalue weighted by Crippen LogP contribution is 2.38. The number of hydrogen-bond acceptors (Lipinski definition) is 5. The number of carbonyl (C=O) groups is 1. The topological polar surface area (TPSA) is 73.7 Å². The average molecular weight is 434 g/mol. The smallest absolute Gasteiger partial charge is 0.275 e. The summed E-state index contributed by atoms with van der Waals surface area (Å²) < 4.78 is 12.8. The second kappa shape index (κ2) is 8.65. The molecule has 7 nitrogen and oxygen atoms in total. The van der Waals surface area contributed by atoms with Gasteiger partial charge in [0, 0.05) is 18.5 Å². The summed E-state index contributed by atoms with van der Waals surface area (Å²) in [6, 6.07) is 13.1. The first-order valence-electron chi connectivity index (χ1n) is 11.4. The van der Waals surface area contributed by atoms with E-state index in [1.807, 2.05) is 41.3 Å². The highest BCUT2D eigenvalue weighted by molar-refractivity contribution is 6.05. The van der Waals surface area contributed by atoms with Crippen LogP contribution < -0.4 is 15.0 Å². The van der Waals surface area contributed by atoms with E-state index in [0.717, 1.165) is 42.7 Å². The molecule has 1 saturated heterocycles. The van der Waals surface area contributed by atoms with Crippen molar-refractivity contribution in [2.75, 3.05) is 19.8 Å². The van der Waals surface area contributed by atoms with Crippen molar-refractivity contribution in [1.29, 1.82) is 0 Å². The predicted octanol–water partition coefficient (Wildman–Crippen LogP) is 3.95. The minimum atomic E-state index is -0.143. The molecule has 1 fully saturated rings. The second-order valence-corrected chi connectivity index (χ2v) is 8.34. The highest BCUT2D eigenvalue weighted by atomic mass is 16.6. The van der Waals surface area contributed by atoms with Crippen LogP contribution in [-0.4, -0.2) is 40.3 Å². The zero-order valence-electron chi connectivity index (χ0n) is 18.3. The molecule has 0 N–H and O–H groups in total. The Morgan fingerprint density at radius 2 is 1.88 bits per heavy atom. The minimum absolute atomic E-state index is 0.0603. The third-order valence-corrected chi connectivity index (χ3v) is 6.26. The quantitative estimate of drug-likeness (QED) is 0.609. The zero-order chi connectivity index (χ0) is 22.1. The molecule has 2 aromatic carbocycles. The van der Waals surface area contributed by atoms with Crippen LogP contribution in [0.3, 0.4) is 0 Å². The summed E-state index contributed by atoms with van der Waals surface area (Å²) in [5, 5.41) is 5.70. The first-order valence-corrected chi connectivity index (χ1v) is 11.4. The van der Waals surface area contributed by atoms with Crippen LogP contribution in [0.4, 0.5) is 0 Å². The van der Waals surface area contributed by atoms with Crippen molar-refractivity contribution in [3.05, 3.63) is 64.1 Å². The summed E-state index contributed by atoms with van der Waals surface area (Å²) in [6.07, 6.45) is 3.57. The Labute approximate surface area is 186 Å². The van der Waals surface area contributed by atoms with Gasteiger partial charge in [-0.1, -0.05) is 37.6 Å². The lowest BCUT2D eigenvalue weighted by Crippen LogP contribution is -2.34. The van der Waals surface area contributed by atoms with E-state index in [1.54, 1.807) is 6.07 Å². The molecular weight excluding hydrogens is 406 g/mol. The molecule has 3 heterocycles. The van der Waals surface area contributed by atoms with Gasteiger partial charge in [-0.25, -0.2) is 4.68 Å². The van der Waals surface area contributed by atoms with Crippen molar-refractivity contribution in [2.24, 2.45) is 0 Å². The van der Waals surface area contributed by atoms with E-state index in [2.05, 4.69) is 12.0 Å².